The highest BCUT2D eigenvalue weighted by molar-refractivity contribution is 6.43. The van der Waals surface area contributed by atoms with Gasteiger partial charge in [0.15, 0.2) is 0 Å². The lowest BCUT2D eigenvalue weighted by Crippen LogP contribution is -2.47. The number of benzene rings is 5. The van der Waals surface area contributed by atoms with E-state index in [2.05, 4.69) is 10.2 Å². The highest BCUT2D eigenvalue weighted by Gasteiger charge is 2.40. The predicted octanol–water partition coefficient (Wildman–Crippen LogP) is 6.84. The molecule has 1 saturated heterocycles. The van der Waals surface area contributed by atoms with Gasteiger partial charge >= 0.3 is 0 Å². The lowest BCUT2D eigenvalue weighted by atomic mass is 9.81. The number of nitrogens with one attached hydrogen (secondary N) is 1. The van der Waals surface area contributed by atoms with Gasteiger partial charge in [0.1, 0.15) is 0 Å². The topological polar surface area (TPSA) is 90.0 Å². The Morgan fingerprint density at radius 1 is 0.696 bits per heavy atom. The quantitative estimate of drug-likeness (QED) is 0.128. The summed E-state index contributed by atoms with van der Waals surface area (Å²) in [6.45, 7) is 11.0. The molecule has 0 radical (unpaired) electrons. The van der Waals surface area contributed by atoms with Crippen LogP contribution in [0.25, 0.3) is 43.1 Å². The summed E-state index contributed by atoms with van der Waals surface area (Å²) in [4.78, 5) is 61.4. The van der Waals surface area contributed by atoms with E-state index < -0.39 is 0 Å². The molecule has 0 saturated carbocycles. The van der Waals surface area contributed by atoms with Crippen molar-refractivity contribution in [3.63, 3.8) is 0 Å². The summed E-state index contributed by atoms with van der Waals surface area (Å²) in [7, 11) is 0. The summed E-state index contributed by atoms with van der Waals surface area (Å²) >= 11 is 0. The van der Waals surface area contributed by atoms with Crippen LogP contribution in [0.2, 0.25) is 0 Å². The number of fused-ring (bicyclic) bond motifs is 2. The Morgan fingerprint density at radius 2 is 1.24 bits per heavy atom. The van der Waals surface area contributed by atoms with E-state index in [-0.39, 0.29) is 29.7 Å². The van der Waals surface area contributed by atoms with Gasteiger partial charge in [-0.25, -0.2) is 4.90 Å². The smallest absolute Gasteiger partial charge is 0.265 e. The number of carbonyl (C=O) groups excluding carboxylic acids is 4. The van der Waals surface area contributed by atoms with E-state index in [1.54, 1.807) is 0 Å². The molecule has 3 heterocycles. The number of nitrogens with zero attached hydrogens (tertiary/aromatic N) is 3. The van der Waals surface area contributed by atoms with E-state index in [1.807, 2.05) is 76.2 Å². The van der Waals surface area contributed by atoms with Crippen LogP contribution in [0.3, 0.4) is 0 Å². The number of allylic oxidation sites excluding steroid dienone is 2. The summed E-state index contributed by atoms with van der Waals surface area (Å²) in [5.41, 5.74) is 3.74. The maximum atomic E-state index is 14.3. The molecule has 3 aliphatic rings. The molecule has 232 valence electrons. The summed E-state index contributed by atoms with van der Waals surface area (Å²) in [6, 6.07) is 13.3. The Hall–Kier alpha value is -4.82. The van der Waals surface area contributed by atoms with Gasteiger partial charge in [-0.05, 0) is 72.0 Å². The zero-order valence-electron chi connectivity index (χ0n) is 26.6. The van der Waals surface area contributed by atoms with Crippen LogP contribution in [0.15, 0.2) is 54.2 Å². The first kappa shape index (κ1) is 28.6. The van der Waals surface area contributed by atoms with Crippen LogP contribution in [0.4, 0.5) is 5.69 Å². The molecule has 0 spiro atoms. The van der Waals surface area contributed by atoms with Crippen molar-refractivity contribution >= 4 is 72.4 Å². The molecule has 4 amide bonds. The van der Waals surface area contributed by atoms with Crippen LogP contribution in [0.5, 0.6) is 0 Å². The molecular weight excluding hydrogens is 576 g/mol. The fourth-order valence-corrected chi connectivity index (χ4v) is 8.26. The number of amides is 4. The van der Waals surface area contributed by atoms with Crippen molar-refractivity contribution in [2.24, 2.45) is 0 Å². The molecule has 0 bridgehead atoms. The first-order chi connectivity index (χ1) is 22.4. The highest BCUT2D eigenvalue weighted by atomic mass is 16.2. The molecule has 0 aliphatic carbocycles. The van der Waals surface area contributed by atoms with Crippen molar-refractivity contribution in [3.8, 4) is 0 Å². The van der Waals surface area contributed by atoms with Gasteiger partial charge in [0.25, 0.3) is 23.6 Å². The molecule has 8 heteroatoms. The first-order valence-corrected chi connectivity index (χ1v) is 16.5. The molecule has 1 N–H and O–H groups in total. The number of imide groups is 2. The molecule has 0 aromatic heterocycles. The van der Waals surface area contributed by atoms with Gasteiger partial charge in [-0.2, -0.15) is 0 Å². The van der Waals surface area contributed by atoms with Crippen molar-refractivity contribution in [1.82, 2.24) is 15.1 Å². The lowest BCUT2D eigenvalue weighted by Gasteiger charge is -2.36. The van der Waals surface area contributed by atoms with E-state index in [1.165, 1.54) is 9.80 Å². The predicted molar refractivity (Wildman–Crippen MR) is 182 cm³/mol. The number of rotatable bonds is 6. The third-order valence-corrected chi connectivity index (χ3v) is 10.5. The normalized spacial score (nSPS) is 17.3. The second kappa shape index (κ2) is 10.4. The Balaban J connectivity index is 1.52. The van der Waals surface area contributed by atoms with Gasteiger partial charge in [0, 0.05) is 81.8 Å². The van der Waals surface area contributed by atoms with Gasteiger partial charge in [-0.3, -0.25) is 24.1 Å². The van der Waals surface area contributed by atoms with Crippen LogP contribution < -0.4 is 10.2 Å². The maximum absolute atomic E-state index is 14.3. The Kier molecular flexibility index (Phi) is 6.45. The number of hydrogen-bond donors (Lipinski definition) is 1. The van der Waals surface area contributed by atoms with Crippen molar-refractivity contribution < 1.29 is 19.2 Å². The van der Waals surface area contributed by atoms with E-state index >= 15 is 0 Å². The monoisotopic (exact) mass is 612 g/mol. The molecule has 0 atom stereocenters. The second-order valence-corrected chi connectivity index (χ2v) is 12.6. The summed E-state index contributed by atoms with van der Waals surface area (Å²) in [5, 5.41) is 10.2. The maximum Gasteiger partial charge on any atom is 0.265 e. The lowest BCUT2D eigenvalue weighted by molar-refractivity contribution is 0.0528. The molecule has 8 rings (SSSR count). The van der Waals surface area contributed by atoms with Crippen LogP contribution in [0.1, 0.15) is 88.4 Å². The van der Waals surface area contributed by atoms with Crippen molar-refractivity contribution in [2.45, 2.75) is 53.0 Å². The number of piperazine rings is 1. The highest BCUT2D eigenvalue weighted by Crippen LogP contribution is 2.50. The first-order valence-electron chi connectivity index (χ1n) is 16.5. The van der Waals surface area contributed by atoms with Crippen molar-refractivity contribution in [3.05, 3.63) is 76.5 Å². The van der Waals surface area contributed by atoms with E-state index in [9.17, 15) is 19.2 Å². The molecule has 0 unspecified atom stereocenters. The van der Waals surface area contributed by atoms with Crippen LogP contribution in [0, 0.1) is 0 Å². The minimum absolute atomic E-state index is 0.180. The summed E-state index contributed by atoms with van der Waals surface area (Å²) in [6.07, 6.45) is 3.77. The number of hydrogen-bond acceptors (Lipinski definition) is 6. The number of anilines is 1. The Labute approximate surface area is 266 Å². The fourth-order valence-electron chi connectivity index (χ4n) is 8.26. The van der Waals surface area contributed by atoms with E-state index in [0.29, 0.717) is 58.0 Å². The van der Waals surface area contributed by atoms with E-state index in [0.717, 1.165) is 64.2 Å². The summed E-state index contributed by atoms with van der Waals surface area (Å²) < 4.78 is 0. The molecular formula is C38H36N4O4. The Bertz CT molecular complexity index is 2180. The molecule has 8 nitrogen and oxygen atoms in total. The van der Waals surface area contributed by atoms with Crippen LogP contribution in [-0.2, 0) is 0 Å². The van der Waals surface area contributed by atoms with Crippen molar-refractivity contribution in [2.75, 3.05) is 31.1 Å². The SMILES string of the molecule is C/C=C(\CC)N1C(=O)c2ccc3c4ccc5c6c(cc(N7CCNCC7)c(c7ccc(c2c37)C1=O)c64)C(=O)N(C(CC)CC)C5=O. The van der Waals surface area contributed by atoms with Crippen molar-refractivity contribution in [1.29, 1.82) is 0 Å². The minimum atomic E-state index is -0.313. The molecule has 3 aliphatic heterocycles. The van der Waals surface area contributed by atoms with Gasteiger partial charge in [-0.15, -0.1) is 0 Å². The zero-order valence-corrected chi connectivity index (χ0v) is 26.6. The third-order valence-electron chi connectivity index (χ3n) is 10.5. The number of carbonyl (C=O) groups is 4. The molecule has 1 fully saturated rings. The van der Waals surface area contributed by atoms with Gasteiger partial charge in [0.05, 0.1) is 5.56 Å². The zero-order chi connectivity index (χ0) is 32.0. The third kappa shape index (κ3) is 3.59. The van der Waals surface area contributed by atoms with E-state index in [4.69, 9.17) is 0 Å². The molecule has 5 aromatic carbocycles. The van der Waals surface area contributed by atoms with Crippen LogP contribution in [-0.4, -0.2) is 65.6 Å². The largest absolute Gasteiger partial charge is 0.368 e. The second-order valence-electron chi connectivity index (χ2n) is 12.6. The van der Waals surface area contributed by atoms with Crippen LogP contribution >= 0.6 is 0 Å². The average molecular weight is 613 g/mol. The molecule has 5 aromatic rings. The van der Waals surface area contributed by atoms with Gasteiger partial charge < -0.3 is 10.2 Å². The molecule has 46 heavy (non-hydrogen) atoms. The fraction of sp³-hybridized carbons (Fsp3) is 0.316. The van der Waals surface area contributed by atoms with Gasteiger partial charge in [0.2, 0.25) is 0 Å². The minimum Gasteiger partial charge on any atom is -0.368 e. The van der Waals surface area contributed by atoms with Gasteiger partial charge in [-0.1, -0.05) is 45.0 Å². The standard InChI is InChI=1S/C38H36N4O4/c1-5-20(6-2)41-35(43)25-12-9-22-23-10-13-27-32-28(38(46)42(37(27)45)21(7-3)8-4)19-29(40-17-15-39-16-18-40)33(34(23)32)24-11-14-26(36(41)44)31(25)30(22)24/h5,9-14,19,21,39H,6-8,15-18H2,1-4H3/b20-5+. The Morgan fingerprint density at radius 3 is 1.83 bits per heavy atom. The summed E-state index contributed by atoms with van der Waals surface area (Å²) in [5.74, 6) is -1.12. The average Bonchev–Trinajstić information content (AvgIpc) is 3.09.